The highest BCUT2D eigenvalue weighted by Crippen LogP contribution is 2.30. The highest BCUT2D eigenvalue weighted by atomic mass is 32.2. The summed E-state index contributed by atoms with van der Waals surface area (Å²) in [7, 11) is -1.58. The summed E-state index contributed by atoms with van der Waals surface area (Å²) in [4.78, 5) is 0.320. The normalized spacial score (nSPS) is 15.7. The van der Waals surface area contributed by atoms with E-state index in [4.69, 9.17) is 18.0 Å². The zero-order chi connectivity index (χ0) is 14.0. The number of rotatable bonds is 6. The van der Waals surface area contributed by atoms with Crippen molar-refractivity contribution in [3.05, 3.63) is 35.4 Å². The summed E-state index contributed by atoms with van der Waals surface area (Å²) in [6.07, 6.45) is 2.28. The Morgan fingerprint density at radius 1 is 1.37 bits per heavy atom. The lowest BCUT2D eigenvalue weighted by molar-refractivity contribution is 0.452. The van der Waals surface area contributed by atoms with Gasteiger partial charge in [-0.05, 0) is 24.3 Å². The van der Waals surface area contributed by atoms with Crippen molar-refractivity contribution in [3.63, 3.8) is 0 Å². The number of benzene rings is 1. The standard InChI is InChI=1S/C13H18N2O2S2/c1-15(8-10-2-3-10)19(16,17)9-11-4-6-12(7-5-11)13(14)18/h4-7,10H,2-3,8-9H2,1H3,(H2,14,18). The second-order valence-electron chi connectivity index (χ2n) is 5.04. The molecule has 2 rings (SSSR count). The molecule has 0 saturated heterocycles. The fourth-order valence-electron chi connectivity index (χ4n) is 1.86. The van der Waals surface area contributed by atoms with Crippen molar-refractivity contribution in [2.24, 2.45) is 11.7 Å². The largest absolute Gasteiger partial charge is 0.389 e. The third-order valence-corrected chi connectivity index (χ3v) is 5.31. The average Bonchev–Trinajstić information content (AvgIpc) is 3.13. The first-order chi connectivity index (χ1) is 8.88. The number of thiocarbonyl (C=S) groups is 1. The van der Waals surface area contributed by atoms with E-state index >= 15 is 0 Å². The van der Waals surface area contributed by atoms with Crippen LogP contribution < -0.4 is 5.73 Å². The molecule has 0 amide bonds. The number of hydrogen-bond acceptors (Lipinski definition) is 3. The lowest BCUT2D eigenvalue weighted by atomic mass is 10.1. The van der Waals surface area contributed by atoms with Crippen LogP contribution in [0.25, 0.3) is 0 Å². The fourth-order valence-corrected chi connectivity index (χ4v) is 3.27. The Kier molecular flexibility index (Phi) is 4.23. The van der Waals surface area contributed by atoms with Gasteiger partial charge in [-0.3, -0.25) is 0 Å². The Hall–Kier alpha value is -0.980. The smallest absolute Gasteiger partial charge is 0.218 e. The summed E-state index contributed by atoms with van der Waals surface area (Å²) in [6.45, 7) is 0.632. The van der Waals surface area contributed by atoms with E-state index in [1.807, 2.05) is 0 Å². The molecule has 2 N–H and O–H groups in total. The van der Waals surface area contributed by atoms with E-state index in [0.717, 1.165) is 24.0 Å². The number of nitrogens with two attached hydrogens (primary N) is 1. The van der Waals surface area contributed by atoms with Gasteiger partial charge in [-0.2, -0.15) is 0 Å². The molecule has 0 unspecified atom stereocenters. The van der Waals surface area contributed by atoms with Gasteiger partial charge in [0.15, 0.2) is 0 Å². The zero-order valence-electron chi connectivity index (χ0n) is 10.9. The Morgan fingerprint density at radius 3 is 2.42 bits per heavy atom. The predicted molar refractivity (Wildman–Crippen MR) is 80.3 cm³/mol. The lowest BCUT2D eigenvalue weighted by Crippen LogP contribution is -2.30. The van der Waals surface area contributed by atoms with Gasteiger partial charge >= 0.3 is 0 Å². The van der Waals surface area contributed by atoms with Gasteiger partial charge < -0.3 is 5.73 Å². The van der Waals surface area contributed by atoms with Crippen molar-refractivity contribution in [2.75, 3.05) is 13.6 Å². The van der Waals surface area contributed by atoms with Crippen LogP contribution >= 0.6 is 12.2 Å². The van der Waals surface area contributed by atoms with Crippen LogP contribution in [0.15, 0.2) is 24.3 Å². The topological polar surface area (TPSA) is 63.4 Å². The zero-order valence-corrected chi connectivity index (χ0v) is 12.5. The summed E-state index contributed by atoms with van der Waals surface area (Å²) in [5, 5.41) is 0. The molecule has 0 bridgehead atoms. The molecule has 1 aromatic rings. The predicted octanol–water partition coefficient (Wildman–Crippen LogP) is 1.49. The fraction of sp³-hybridized carbons (Fsp3) is 0.462. The molecule has 0 aliphatic heterocycles. The van der Waals surface area contributed by atoms with Crippen molar-refractivity contribution < 1.29 is 8.42 Å². The van der Waals surface area contributed by atoms with Gasteiger partial charge in [0, 0.05) is 19.2 Å². The molecule has 0 aromatic heterocycles. The quantitative estimate of drug-likeness (QED) is 0.808. The number of sulfonamides is 1. The first-order valence-electron chi connectivity index (χ1n) is 6.21. The minimum Gasteiger partial charge on any atom is -0.389 e. The minimum absolute atomic E-state index is 0.0217. The van der Waals surface area contributed by atoms with Crippen molar-refractivity contribution in [2.45, 2.75) is 18.6 Å². The van der Waals surface area contributed by atoms with Crippen LogP contribution in [0.1, 0.15) is 24.0 Å². The Balaban J connectivity index is 2.04. The molecule has 0 spiro atoms. The molecule has 1 aliphatic rings. The van der Waals surface area contributed by atoms with Crippen molar-refractivity contribution >= 4 is 27.2 Å². The van der Waals surface area contributed by atoms with E-state index in [1.165, 1.54) is 4.31 Å². The van der Waals surface area contributed by atoms with Crippen molar-refractivity contribution in [3.8, 4) is 0 Å². The van der Waals surface area contributed by atoms with Gasteiger partial charge in [-0.25, -0.2) is 12.7 Å². The second-order valence-corrected chi connectivity index (χ2v) is 7.56. The third-order valence-electron chi connectivity index (χ3n) is 3.27. The molecule has 1 aromatic carbocycles. The van der Waals surface area contributed by atoms with Crippen LogP contribution in [0.4, 0.5) is 0 Å². The highest BCUT2D eigenvalue weighted by Gasteiger charge is 2.28. The summed E-state index contributed by atoms with van der Waals surface area (Å²) >= 11 is 4.86. The van der Waals surface area contributed by atoms with E-state index in [1.54, 1.807) is 31.3 Å². The van der Waals surface area contributed by atoms with Gasteiger partial charge in [-0.1, -0.05) is 36.5 Å². The number of hydrogen-bond donors (Lipinski definition) is 1. The molecule has 4 nitrogen and oxygen atoms in total. The molecule has 6 heteroatoms. The van der Waals surface area contributed by atoms with E-state index in [0.29, 0.717) is 17.5 Å². The van der Waals surface area contributed by atoms with Gasteiger partial charge in [0.05, 0.1) is 5.75 Å². The van der Waals surface area contributed by atoms with Crippen molar-refractivity contribution in [1.82, 2.24) is 4.31 Å². The van der Waals surface area contributed by atoms with Gasteiger partial charge in [-0.15, -0.1) is 0 Å². The molecule has 0 heterocycles. The maximum atomic E-state index is 12.2. The van der Waals surface area contributed by atoms with Crippen molar-refractivity contribution in [1.29, 1.82) is 0 Å². The molecule has 1 saturated carbocycles. The van der Waals surface area contributed by atoms with Crippen LogP contribution in [0.5, 0.6) is 0 Å². The Morgan fingerprint density at radius 2 is 1.95 bits per heavy atom. The molecule has 1 fully saturated rings. The monoisotopic (exact) mass is 298 g/mol. The van der Waals surface area contributed by atoms with Gasteiger partial charge in [0.25, 0.3) is 0 Å². The van der Waals surface area contributed by atoms with Crippen LogP contribution in [0.2, 0.25) is 0 Å². The molecule has 19 heavy (non-hydrogen) atoms. The Bertz CT molecular complexity index is 563. The van der Waals surface area contributed by atoms with Crippen LogP contribution in [0, 0.1) is 5.92 Å². The van der Waals surface area contributed by atoms with Crippen LogP contribution in [0.3, 0.4) is 0 Å². The summed E-state index contributed by atoms with van der Waals surface area (Å²) in [5.74, 6) is 0.574. The first-order valence-corrected chi connectivity index (χ1v) is 8.23. The first kappa shape index (κ1) is 14.4. The molecular weight excluding hydrogens is 280 g/mol. The van der Waals surface area contributed by atoms with E-state index < -0.39 is 10.0 Å². The summed E-state index contributed by atoms with van der Waals surface area (Å²) in [5.41, 5.74) is 7.01. The maximum absolute atomic E-state index is 12.2. The molecular formula is C13H18N2O2S2. The number of nitrogens with zero attached hydrogens (tertiary/aromatic N) is 1. The minimum atomic E-state index is -3.23. The van der Waals surface area contributed by atoms with Crippen LogP contribution in [-0.4, -0.2) is 31.3 Å². The summed E-state index contributed by atoms with van der Waals surface area (Å²) in [6, 6.07) is 7.04. The van der Waals surface area contributed by atoms with Gasteiger partial charge in [0.1, 0.15) is 4.99 Å². The highest BCUT2D eigenvalue weighted by molar-refractivity contribution is 7.88. The van der Waals surface area contributed by atoms with Gasteiger partial charge in [0.2, 0.25) is 10.0 Å². The molecule has 0 radical (unpaired) electrons. The third kappa shape index (κ3) is 3.99. The maximum Gasteiger partial charge on any atom is 0.218 e. The Labute approximate surface area is 119 Å². The van der Waals surface area contributed by atoms with Crippen LogP contribution in [-0.2, 0) is 15.8 Å². The molecule has 0 atom stereocenters. The average molecular weight is 298 g/mol. The molecule has 104 valence electrons. The van der Waals surface area contributed by atoms with E-state index in [2.05, 4.69) is 0 Å². The molecule has 1 aliphatic carbocycles. The van der Waals surface area contributed by atoms with E-state index in [9.17, 15) is 8.42 Å². The SMILES string of the molecule is CN(CC1CC1)S(=O)(=O)Cc1ccc(C(N)=S)cc1. The summed E-state index contributed by atoms with van der Waals surface area (Å²) < 4.78 is 25.8. The van der Waals surface area contributed by atoms with E-state index in [-0.39, 0.29) is 5.75 Å². The second kappa shape index (κ2) is 5.56. The lowest BCUT2D eigenvalue weighted by Gasteiger charge is -2.16.